The lowest BCUT2D eigenvalue weighted by Gasteiger charge is -2.45. The van der Waals surface area contributed by atoms with Crippen molar-refractivity contribution in [3.63, 3.8) is 0 Å². The number of imide groups is 1. The smallest absolute Gasteiger partial charge is 0.274 e. The second-order valence-corrected chi connectivity index (χ2v) is 17.5. The molecule has 62 heavy (non-hydrogen) atoms. The summed E-state index contributed by atoms with van der Waals surface area (Å²) in [6.45, 7) is 7.20. The van der Waals surface area contributed by atoms with Gasteiger partial charge in [0.05, 0.1) is 53.4 Å². The number of halogens is 1. The summed E-state index contributed by atoms with van der Waals surface area (Å²) < 4.78 is 24.5. The standard InChI is InChI=1S/C45H49FN10O6/c1-45(2,61)34-20-36-27(17-37(34)49-43(59)38-10-8-31-16-26(21-47)22-48-56(31)38)25-55(51-36)30-6-4-29(5-7-30)52-12-14-53(15-13-52)44(60)28-23-54(24-28)32-18-35(46)41(39(19-32)62-3)33-9-11-40(57)50-42(33)58/h8,10,16-20,22,25,28-30,33,61H,4-7,9,11-15,23-24H2,1-3H3,(H,49,59)(H,50,57,58)/t29?,30?,33-/m1/s1. The molecule has 17 heteroatoms. The van der Waals surface area contributed by atoms with Gasteiger partial charge in [0.15, 0.2) is 0 Å². The van der Waals surface area contributed by atoms with Crippen LogP contribution in [0.1, 0.15) is 91.5 Å². The first kappa shape index (κ1) is 41.0. The molecule has 1 saturated carbocycles. The minimum absolute atomic E-state index is 0.115. The lowest BCUT2D eigenvalue weighted by atomic mass is 9.88. The predicted molar refractivity (Wildman–Crippen MR) is 226 cm³/mol. The van der Waals surface area contributed by atoms with Gasteiger partial charge in [0.25, 0.3) is 5.91 Å². The third-order valence-corrected chi connectivity index (χ3v) is 13.1. The highest BCUT2D eigenvalue weighted by molar-refractivity contribution is 6.05. The fourth-order valence-corrected chi connectivity index (χ4v) is 9.64. The largest absolute Gasteiger partial charge is 0.496 e. The molecule has 322 valence electrons. The van der Waals surface area contributed by atoms with Gasteiger partial charge in [-0.05, 0) is 82.3 Å². The first-order valence-corrected chi connectivity index (χ1v) is 21.2. The Morgan fingerprint density at radius 3 is 2.44 bits per heavy atom. The molecule has 3 N–H and O–H groups in total. The number of nitrogens with one attached hydrogen (secondary N) is 2. The van der Waals surface area contributed by atoms with Crippen LogP contribution in [0.3, 0.4) is 0 Å². The number of fused-ring (bicyclic) bond motifs is 2. The van der Waals surface area contributed by atoms with Crippen LogP contribution in [0.4, 0.5) is 15.8 Å². The lowest BCUT2D eigenvalue weighted by molar-refractivity contribution is -0.138. The number of piperidine rings is 1. The first-order valence-electron chi connectivity index (χ1n) is 21.2. The summed E-state index contributed by atoms with van der Waals surface area (Å²) in [5.41, 5.74) is 2.53. The van der Waals surface area contributed by atoms with E-state index in [9.17, 15) is 29.5 Å². The third-order valence-electron chi connectivity index (χ3n) is 13.1. The number of piperazine rings is 1. The number of rotatable bonds is 9. The average molecular weight is 845 g/mol. The normalized spacial score (nSPS) is 21.5. The number of benzene rings is 2. The van der Waals surface area contributed by atoms with Gasteiger partial charge in [-0.15, -0.1) is 0 Å². The van der Waals surface area contributed by atoms with E-state index < -0.39 is 29.2 Å². The molecule has 4 aliphatic rings. The Labute approximate surface area is 357 Å². The van der Waals surface area contributed by atoms with Crippen LogP contribution in [0, 0.1) is 23.1 Å². The van der Waals surface area contributed by atoms with Crippen molar-refractivity contribution < 1.29 is 33.4 Å². The van der Waals surface area contributed by atoms with Crippen molar-refractivity contribution in [2.45, 2.75) is 76.0 Å². The topological polar surface area (TPSA) is 190 Å². The number of nitriles is 1. The van der Waals surface area contributed by atoms with E-state index >= 15 is 4.39 Å². The zero-order valence-electron chi connectivity index (χ0n) is 34.9. The highest BCUT2D eigenvalue weighted by atomic mass is 19.1. The number of anilines is 2. The van der Waals surface area contributed by atoms with Crippen LogP contribution >= 0.6 is 0 Å². The van der Waals surface area contributed by atoms with E-state index in [0.717, 1.165) is 49.7 Å². The maximum absolute atomic E-state index is 15.5. The van der Waals surface area contributed by atoms with E-state index in [1.165, 1.54) is 23.9 Å². The zero-order chi connectivity index (χ0) is 43.4. The van der Waals surface area contributed by atoms with Crippen LogP contribution < -0.4 is 20.3 Å². The van der Waals surface area contributed by atoms with Gasteiger partial charge >= 0.3 is 0 Å². The summed E-state index contributed by atoms with van der Waals surface area (Å²) in [6.07, 6.45) is 7.66. The molecule has 9 rings (SSSR count). The molecule has 0 radical (unpaired) electrons. The van der Waals surface area contributed by atoms with E-state index in [1.807, 2.05) is 32.8 Å². The Hall–Kier alpha value is -6.38. The summed E-state index contributed by atoms with van der Waals surface area (Å²) >= 11 is 0. The van der Waals surface area contributed by atoms with Gasteiger partial charge in [0, 0.05) is 91.9 Å². The quantitative estimate of drug-likeness (QED) is 0.178. The molecule has 16 nitrogen and oxygen atoms in total. The van der Waals surface area contributed by atoms with Gasteiger partial charge in [-0.3, -0.25) is 34.1 Å². The molecular formula is C45H49FN10O6. The summed E-state index contributed by atoms with van der Waals surface area (Å²) in [5.74, 6) is -2.48. The monoisotopic (exact) mass is 844 g/mol. The Balaban J connectivity index is 0.781. The molecule has 5 aromatic rings. The van der Waals surface area contributed by atoms with E-state index in [1.54, 1.807) is 38.1 Å². The minimum atomic E-state index is -1.27. The zero-order valence-corrected chi connectivity index (χ0v) is 34.9. The fourth-order valence-electron chi connectivity index (χ4n) is 9.64. The van der Waals surface area contributed by atoms with Crippen LogP contribution in [0.25, 0.3) is 16.4 Å². The molecule has 2 aromatic carbocycles. The number of methoxy groups -OCH3 is 1. The van der Waals surface area contributed by atoms with Crippen LogP contribution in [0.2, 0.25) is 0 Å². The van der Waals surface area contributed by atoms with Gasteiger partial charge < -0.3 is 25.0 Å². The number of hydrogen-bond acceptors (Lipinski definition) is 11. The first-order chi connectivity index (χ1) is 29.8. The fraction of sp³-hybridized carbons (Fsp3) is 0.444. The van der Waals surface area contributed by atoms with Crippen LogP contribution in [0.15, 0.2) is 54.9 Å². The summed E-state index contributed by atoms with van der Waals surface area (Å²) in [6, 6.07) is 14.5. The summed E-state index contributed by atoms with van der Waals surface area (Å²) in [4.78, 5) is 57.6. The minimum Gasteiger partial charge on any atom is -0.496 e. The van der Waals surface area contributed by atoms with E-state index in [0.29, 0.717) is 65.9 Å². The van der Waals surface area contributed by atoms with Gasteiger partial charge in [-0.25, -0.2) is 8.91 Å². The van der Waals surface area contributed by atoms with Gasteiger partial charge in [0.1, 0.15) is 23.3 Å². The summed E-state index contributed by atoms with van der Waals surface area (Å²) in [7, 11) is 1.43. The number of ether oxygens (including phenoxy) is 1. The SMILES string of the molecule is COc1cc(N2CC(C(=O)N3CCN(C4CCC(n5cc6cc(NC(=O)c7ccc8cc(C#N)cnn78)c(C(C)(C)O)cc6n5)CC4)CC3)C2)cc(F)c1[C@H]1CCC(=O)NC1=O. The number of nitrogens with zero attached hydrogens (tertiary/aromatic N) is 8. The Bertz CT molecular complexity index is 2640. The van der Waals surface area contributed by atoms with E-state index in [-0.39, 0.29) is 47.9 Å². The number of carbonyl (C=O) groups excluding carboxylic acids is 4. The maximum atomic E-state index is 15.5. The second-order valence-electron chi connectivity index (χ2n) is 17.5. The summed E-state index contributed by atoms with van der Waals surface area (Å²) in [5, 5.41) is 35.7. The third kappa shape index (κ3) is 7.73. The number of hydrogen-bond donors (Lipinski definition) is 3. The van der Waals surface area contributed by atoms with Gasteiger partial charge in [0.2, 0.25) is 17.7 Å². The molecule has 0 spiro atoms. The van der Waals surface area contributed by atoms with Crippen molar-refractivity contribution in [1.29, 1.82) is 5.26 Å². The predicted octanol–water partition coefficient (Wildman–Crippen LogP) is 4.47. The van der Waals surface area contributed by atoms with Crippen molar-refractivity contribution in [1.82, 2.24) is 34.5 Å². The van der Waals surface area contributed by atoms with Gasteiger partial charge in [-0.2, -0.15) is 15.5 Å². The Morgan fingerprint density at radius 1 is 1.00 bits per heavy atom. The average Bonchev–Trinajstić information content (AvgIpc) is 3.87. The molecule has 1 aliphatic carbocycles. The van der Waals surface area contributed by atoms with Crippen molar-refractivity contribution in [2.75, 3.05) is 56.6 Å². The second kappa shape index (κ2) is 16.1. The van der Waals surface area contributed by atoms with Crippen molar-refractivity contribution >= 4 is 51.4 Å². The molecule has 3 aliphatic heterocycles. The number of aliphatic hydroxyl groups is 1. The van der Waals surface area contributed by atoms with Crippen LogP contribution in [-0.2, 0) is 20.0 Å². The molecule has 6 heterocycles. The Kier molecular flexibility index (Phi) is 10.7. The number of aromatic nitrogens is 4. The van der Waals surface area contributed by atoms with Gasteiger partial charge in [-0.1, -0.05) is 0 Å². The van der Waals surface area contributed by atoms with Crippen molar-refractivity contribution in [3.8, 4) is 11.8 Å². The highest BCUT2D eigenvalue weighted by Crippen LogP contribution is 2.40. The van der Waals surface area contributed by atoms with Crippen LogP contribution in [-0.4, -0.2) is 110 Å². The molecule has 4 fully saturated rings. The molecular weight excluding hydrogens is 796 g/mol. The molecule has 3 aromatic heterocycles. The molecule has 3 saturated heterocycles. The van der Waals surface area contributed by atoms with Crippen molar-refractivity contribution in [2.24, 2.45) is 5.92 Å². The molecule has 4 amide bonds. The number of carbonyl (C=O) groups is 4. The maximum Gasteiger partial charge on any atom is 0.274 e. The van der Waals surface area contributed by atoms with Crippen molar-refractivity contribution in [3.05, 3.63) is 83.1 Å². The highest BCUT2D eigenvalue weighted by Gasteiger charge is 2.39. The lowest BCUT2D eigenvalue weighted by Crippen LogP contribution is -2.59. The Morgan fingerprint density at radius 2 is 1.74 bits per heavy atom. The van der Waals surface area contributed by atoms with E-state index in [2.05, 4.69) is 26.7 Å². The van der Waals surface area contributed by atoms with E-state index in [4.69, 9.17) is 9.84 Å². The molecule has 0 unspecified atom stereocenters. The van der Waals surface area contributed by atoms with Crippen LogP contribution in [0.5, 0.6) is 5.75 Å². The number of amides is 4. The molecule has 1 atom stereocenters. The molecule has 0 bridgehead atoms.